The summed E-state index contributed by atoms with van der Waals surface area (Å²) < 4.78 is 2.59. The summed E-state index contributed by atoms with van der Waals surface area (Å²) in [5.41, 5.74) is 5.52. The van der Waals surface area contributed by atoms with Crippen LogP contribution in [0.5, 0.6) is 0 Å². The molecule has 52 heavy (non-hydrogen) atoms. The fourth-order valence-electron chi connectivity index (χ4n) is 6.64. The number of aliphatic hydroxyl groups is 1. The van der Waals surface area contributed by atoms with Crippen LogP contribution in [-0.2, 0) is 30.3 Å². The van der Waals surface area contributed by atoms with Crippen molar-refractivity contribution >= 4 is 59.4 Å². The number of rotatable bonds is 9. The number of pyridine rings is 1. The molecule has 0 aliphatic heterocycles. The molecule has 0 fully saturated rings. The van der Waals surface area contributed by atoms with Gasteiger partial charge in [0.05, 0.1) is 0 Å². The van der Waals surface area contributed by atoms with E-state index in [4.69, 9.17) is 4.98 Å². The van der Waals surface area contributed by atoms with Crippen molar-refractivity contribution in [2.75, 3.05) is 0 Å². The van der Waals surface area contributed by atoms with Crippen LogP contribution in [0.25, 0.3) is 52.6 Å². The normalized spacial score (nSPS) is 12.6. The third kappa shape index (κ3) is 8.16. The molecule has 0 atom stereocenters. The number of carbonyl (C=O) groups excluding carboxylic acids is 1. The summed E-state index contributed by atoms with van der Waals surface area (Å²) in [6.07, 6.45) is 6.71. The van der Waals surface area contributed by atoms with Crippen LogP contribution in [-0.4, -0.2) is 15.9 Å². The van der Waals surface area contributed by atoms with Gasteiger partial charge in [0.15, 0.2) is 5.78 Å². The van der Waals surface area contributed by atoms with Crippen LogP contribution in [0.4, 0.5) is 0 Å². The maximum Gasteiger partial charge on any atom is 0.164 e. The standard InChI is InChI=1S/C31H26NS2.C15H28O2.Ir/c1-18-15-25-24(11-8-12-27(25)33-18)29-19(2)22-13-14-32-28(30(22)34-29)21-16-20-9-6-7-10-23(20)26(17-21)31(3,4)5;1-7-14(5,8-2)12(16)11-13(17)15(6,9-3)10-4;/h6-15,17H,1-5H3;11,16H,7-10H2,1-6H3;/q-1;;/b;12-11-;. The Balaban J connectivity index is 0.000000289. The van der Waals surface area contributed by atoms with Crippen molar-refractivity contribution in [3.63, 3.8) is 0 Å². The van der Waals surface area contributed by atoms with Crippen molar-refractivity contribution in [3.05, 3.63) is 101 Å². The zero-order valence-electron chi connectivity index (χ0n) is 32.7. The van der Waals surface area contributed by atoms with Crippen LogP contribution in [0.15, 0.2) is 78.7 Å². The number of carbonyl (C=O) groups is 1. The fraction of sp³-hybridized carbons (Fsp3) is 0.391. The smallest absolute Gasteiger partial charge is 0.164 e. The SMILES string of the molecule is CCC(C)(CC)C(=O)/C=C(\O)C(C)(CC)CC.Cc1cc2c(-c3sc4c(-c5[c-]c6ccccc6c(C(C)(C)C)c5)nccc4c3C)cccc2s1.[Ir]. The van der Waals surface area contributed by atoms with E-state index in [9.17, 15) is 9.90 Å². The van der Waals surface area contributed by atoms with Crippen molar-refractivity contribution in [1.29, 1.82) is 0 Å². The Labute approximate surface area is 333 Å². The van der Waals surface area contributed by atoms with Gasteiger partial charge in [0, 0.05) is 79.0 Å². The van der Waals surface area contributed by atoms with Crippen LogP contribution in [0.2, 0.25) is 0 Å². The number of benzene rings is 3. The minimum Gasteiger partial charge on any atom is -0.512 e. The number of aryl methyl sites for hydroxylation is 2. The number of thiophene rings is 2. The molecule has 6 rings (SSSR count). The second kappa shape index (κ2) is 16.5. The monoisotopic (exact) mass is 909 g/mol. The van der Waals surface area contributed by atoms with E-state index in [0.717, 1.165) is 42.3 Å². The van der Waals surface area contributed by atoms with Crippen molar-refractivity contribution in [2.24, 2.45) is 10.8 Å². The van der Waals surface area contributed by atoms with E-state index in [0.29, 0.717) is 0 Å². The number of allylic oxidation sites excluding steroid dienone is 2. The van der Waals surface area contributed by atoms with Crippen LogP contribution in [0.3, 0.4) is 0 Å². The minimum atomic E-state index is -0.337. The van der Waals surface area contributed by atoms with Gasteiger partial charge in [0.2, 0.25) is 0 Å². The Morgan fingerprint density at radius 3 is 2.10 bits per heavy atom. The van der Waals surface area contributed by atoms with Gasteiger partial charge in [0.1, 0.15) is 5.76 Å². The van der Waals surface area contributed by atoms with Crippen LogP contribution >= 0.6 is 22.7 Å². The molecular weight excluding hydrogens is 855 g/mol. The molecule has 0 saturated heterocycles. The first-order valence-corrected chi connectivity index (χ1v) is 20.0. The van der Waals surface area contributed by atoms with Crippen LogP contribution < -0.4 is 0 Å². The largest absolute Gasteiger partial charge is 0.512 e. The molecule has 0 aliphatic rings. The van der Waals surface area contributed by atoms with Crippen molar-refractivity contribution in [2.45, 2.75) is 107 Å². The zero-order chi connectivity index (χ0) is 37.3. The third-order valence-corrected chi connectivity index (χ3v) is 13.6. The summed E-state index contributed by atoms with van der Waals surface area (Å²) >= 11 is 3.73. The van der Waals surface area contributed by atoms with E-state index in [1.165, 1.54) is 58.1 Å². The molecule has 1 N–H and O–H groups in total. The topological polar surface area (TPSA) is 50.2 Å². The zero-order valence-corrected chi connectivity index (χ0v) is 36.7. The van der Waals surface area contributed by atoms with E-state index >= 15 is 0 Å². The molecule has 3 nitrogen and oxygen atoms in total. The van der Waals surface area contributed by atoms with Gasteiger partial charge in [-0.2, -0.15) is 0 Å². The van der Waals surface area contributed by atoms with E-state index in [1.807, 2.05) is 70.4 Å². The fourth-order valence-corrected chi connectivity index (χ4v) is 8.94. The van der Waals surface area contributed by atoms with Gasteiger partial charge in [0.25, 0.3) is 0 Å². The minimum absolute atomic E-state index is 0. The number of aromatic nitrogens is 1. The van der Waals surface area contributed by atoms with Crippen molar-refractivity contribution in [3.8, 4) is 21.7 Å². The number of fused-ring (bicyclic) bond motifs is 3. The summed E-state index contributed by atoms with van der Waals surface area (Å²) in [6.45, 7) is 23.4. The second-order valence-corrected chi connectivity index (χ2v) is 17.8. The second-order valence-electron chi connectivity index (χ2n) is 15.5. The maximum atomic E-state index is 12.2. The van der Waals surface area contributed by atoms with Gasteiger partial charge in [-0.05, 0) is 74.1 Å². The number of aliphatic hydroxyl groups excluding tert-OH is 1. The summed E-state index contributed by atoms with van der Waals surface area (Å²) in [6, 6.07) is 25.8. The van der Waals surface area contributed by atoms with Gasteiger partial charge in [-0.25, -0.2) is 0 Å². The number of nitrogens with zero attached hydrogens (tertiary/aromatic N) is 1. The predicted molar refractivity (Wildman–Crippen MR) is 223 cm³/mol. The molecule has 0 spiro atoms. The average molecular weight is 909 g/mol. The third-order valence-electron chi connectivity index (χ3n) is 11.2. The van der Waals surface area contributed by atoms with Gasteiger partial charge in [-0.1, -0.05) is 104 Å². The molecular formula is C46H54IrNO2S2-. The molecule has 6 aromatic rings. The Morgan fingerprint density at radius 2 is 1.46 bits per heavy atom. The summed E-state index contributed by atoms with van der Waals surface area (Å²) in [7, 11) is 0. The Bertz CT molecular complexity index is 2220. The molecule has 0 saturated carbocycles. The average Bonchev–Trinajstić information content (AvgIpc) is 3.68. The quantitative estimate of drug-likeness (QED) is 0.0893. The molecule has 0 bridgehead atoms. The first-order chi connectivity index (χ1) is 24.1. The molecule has 0 aliphatic carbocycles. The van der Waals surface area contributed by atoms with E-state index < -0.39 is 0 Å². The van der Waals surface area contributed by atoms with Crippen LogP contribution in [0.1, 0.15) is 104 Å². The first-order valence-electron chi connectivity index (χ1n) is 18.4. The van der Waals surface area contributed by atoms with Crippen LogP contribution in [0, 0.1) is 30.7 Å². The molecule has 6 heteroatoms. The Hall–Kier alpha value is -3.15. The first kappa shape index (κ1) is 41.6. The molecule has 0 amide bonds. The molecule has 1 radical (unpaired) electrons. The molecule has 3 aromatic carbocycles. The summed E-state index contributed by atoms with van der Waals surface area (Å²) in [5, 5.41) is 15.2. The number of hydrogen-bond donors (Lipinski definition) is 1. The summed E-state index contributed by atoms with van der Waals surface area (Å²) in [4.78, 5) is 19.8. The molecule has 3 heterocycles. The maximum absolute atomic E-state index is 12.2. The molecule has 277 valence electrons. The molecule has 0 unspecified atom stereocenters. The Kier molecular flexibility index (Phi) is 13.2. The van der Waals surface area contributed by atoms with Crippen molar-refractivity contribution < 1.29 is 30.0 Å². The van der Waals surface area contributed by atoms with Gasteiger partial charge in [-0.15, -0.1) is 51.8 Å². The molecule has 3 aromatic heterocycles. The van der Waals surface area contributed by atoms with E-state index in [1.54, 1.807) is 0 Å². The van der Waals surface area contributed by atoms with Gasteiger partial charge >= 0.3 is 0 Å². The van der Waals surface area contributed by atoms with Crippen molar-refractivity contribution in [1.82, 2.24) is 4.98 Å². The van der Waals surface area contributed by atoms with Gasteiger partial charge < -0.3 is 5.11 Å². The van der Waals surface area contributed by atoms with E-state index in [-0.39, 0.29) is 47.9 Å². The van der Waals surface area contributed by atoms with Gasteiger partial charge in [-0.3, -0.25) is 9.78 Å². The Morgan fingerprint density at radius 1 is 0.808 bits per heavy atom. The summed E-state index contributed by atoms with van der Waals surface area (Å²) in [5.74, 6) is 0.286. The predicted octanol–water partition coefficient (Wildman–Crippen LogP) is 14.4. The number of ketones is 1. The van der Waals surface area contributed by atoms with E-state index in [2.05, 4.69) is 101 Å². The number of hydrogen-bond acceptors (Lipinski definition) is 5.